The van der Waals surface area contributed by atoms with E-state index in [1.54, 1.807) is 6.92 Å². The SMILES string of the molecule is Cc1nsc(NC(=O)c2cc(NN)c(F)cc2[N+](=O)[O-])n1. The fraction of sp³-hybridized carbons (Fsp3) is 0.100. The number of nitro benzene ring substituents is 1. The number of nitrogens with one attached hydrogen (secondary N) is 2. The average molecular weight is 312 g/mol. The standard InChI is InChI=1S/C10H9FN6O3S/c1-4-13-10(21-16-4)14-9(18)5-2-7(15-12)6(11)3-8(5)17(19)20/h2-3,15H,12H2,1H3,(H,13,14,16,18). The number of anilines is 2. The predicted molar refractivity (Wildman–Crippen MR) is 73.5 cm³/mol. The number of hydrazine groups is 1. The molecule has 1 heterocycles. The normalized spacial score (nSPS) is 10.2. The van der Waals surface area contributed by atoms with Crippen LogP contribution in [-0.2, 0) is 0 Å². The molecular weight excluding hydrogens is 303 g/mol. The maximum absolute atomic E-state index is 13.5. The number of hydrogen-bond donors (Lipinski definition) is 3. The third-order valence-electron chi connectivity index (χ3n) is 2.43. The van der Waals surface area contributed by atoms with Crippen LogP contribution in [0.4, 0.5) is 20.9 Å². The number of rotatable bonds is 4. The van der Waals surface area contributed by atoms with Gasteiger partial charge in [-0.3, -0.25) is 26.1 Å². The van der Waals surface area contributed by atoms with E-state index in [0.29, 0.717) is 11.9 Å². The Kier molecular flexibility index (Phi) is 4.05. The van der Waals surface area contributed by atoms with Gasteiger partial charge in [0.05, 0.1) is 16.7 Å². The van der Waals surface area contributed by atoms with E-state index in [1.165, 1.54) is 0 Å². The molecular formula is C10H9FN6O3S. The van der Waals surface area contributed by atoms with Gasteiger partial charge >= 0.3 is 0 Å². The van der Waals surface area contributed by atoms with Gasteiger partial charge in [0.15, 0.2) is 5.82 Å². The van der Waals surface area contributed by atoms with Gasteiger partial charge in [0.1, 0.15) is 11.4 Å². The number of amides is 1. The number of nitrogens with two attached hydrogens (primary N) is 1. The summed E-state index contributed by atoms with van der Waals surface area (Å²) in [5.41, 5.74) is 0.764. The van der Waals surface area contributed by atoms with Gasteiger partial charge in [0, 0.05) is 11.5 Å². The monoisotopic (exact) mass is 312 g/mol. The summed E-state index contributed by atoms with van der Waals surface area (Å²) in [4.78, 5) is 26.0. The number of nitrogen functional groups attached to an aromatic ring is 1. The number of nitro groups is 1. The lowest BCUT2D eigenvalue weighted by molar-refractivity contribution is -0.385. The quantitative estimate of drug-likeness (QED) is 0.441. The van der Waals surface area contributed by atoms with Gasteiger partial charge in [-0.1, -0.05) is 0 Å². The van der Waals surface area contributed by atoms with Gasteiger partial charge in [0.2, 0.25) is 5.13 Å². The van der Waals surface area contributed by atoms with Crippen LogP contribution in [0.1, 0.15) is 16.2 Å². The van der Waals surface area contributed by atoms with Gasteiger partial charge in [-0.15, -0.1) is 0 Å². The molecule has 1 aromatic carbocycles. The van der Waals surface area contributed by atoms with Crippen LogP contribution >= 0.6 is 11.5 Å². The highest BCUT2D eigenvalue weighted by molar-refractivity contribution is 7.09. The lowest BCUT2D eigenvalue weighted by Gasteiger charge is -2.07. The molecule has 0 fully saturated rings. The smallest absolute Gasteiger partial charge is 0.285 e. The van der Waals surface area contributed by atoms with Crippen LogP contribution in [-0.4, -0.2) is 20.2 Å². The summed E-state index contributed by atoms with van der Waals surface area (Å²) in [7, 11) is 0. The minimum Gasteiger partial charge on any atom is -0.321 e. The van der Waals surface area contributed by atoms with Gasteiger partial charge < -0.3 is 5.43 Å². The van der Waals surface area contributed by atoms with E-state index < -0.39 is 22.3 Å². The Hall–Kier alpha value is -2.66. The van der Waals surface area contributed by atoms with Crippen molar-refractivity contribution in [1.82, 2.24) is 9.36 Å². The third-order valence-corrected chi connectivity index (χ3v) is 3.15. The highest BCUT2D eigenvalue weighted by Gasteiger charge is 2.24. The number of carbonyl (C=O) groups excluding carboxylic acids is 1. The molecule has 0 aliphatic carbocycles. The van der Waals surface area contributed by atoms with Gasteiger partial charge in [-0.2, -0.15) is 4.37 Å². The number of aryl methyl sites for hydroxylation is 1. The lowest BCUT2D eigenvalue weighted by Crippen LogP contribution is -2.16. The second-order valence-electron chi connectivity index (χ2n) is 3.85. The fourth-order valence-corrected chi connectivity index (χ4v) is 2.09. The van der Waals surface area contributed by atoms with E-state index in [0.717, 1.165) is 17.6 Å². The Morgan fingerprint density at radius 1 is 1.52 bits per heavy atom. The summed E-state index contributed by atoms with van der Waals surface area (Å²) in [5.74, 6) is 3.79. The molecule has 11 heteroatoms. The molecule has 2 rings (SSSR count). The molecule has 9 nitrogen and oxygen atoms in total. The van der Waals surface area contributed by atoms with Crippen molar-refractivity contribution in [3.8, 4) is 0 Å². The topological polar surface area (TPSA) is 136 Å². The number of benzene rings is 1. The van der Waals surface area contributed by atoms with Crippen LogP contribution in [0.3, 0.4) is 0 Å². The highest BCUT2D eigenvalue weighted by atomic mass is 32.1. The second-order valence-corrected chi connectivity index (χ2v) is 4.60. The van der Waals surface area contributed by atoms with E-state index in [-0.39, 0.29) is 16.4 Å². The minimum atomic E-state index is -0.937. The Bertz CT molecular complexity index is 719. The number of nitrogens with zero attached hydrogens (tertiary/aromatic N) is 3. The summed E-state index contributed by atoms with van der Waals surface area (Å²) >= 11 is 0.923. The molecule has 0 atom stereocenters. The van der Waals surface area contributed by atoms with Crippen molar-refractivity contribution >= 4 is 33.9 Å². The number of aromatic nitrogens is 2. The fourth-order valence-electron chi connectivity index (χ4n) is 1.52. The van der Waals surface area contributed by atoms with Gasteiger partial charge in [-0.25, -0.2) is 9.37 Å². The Morgan fingerprint density at radius 3 is 2.76 bits per heavy atom. The molecule has 0 spiro atoms. The first-order valence-electron chi connectivity index (χ1n) is 5.48. The van der Waals surface area contributed by atoms with Gasteiger partial charge in [-0.05, 0) is 13.0 Å². The largest absolute Gasteiger partial charge is 0.321 e. The molecule has 0 radical (unpaired) electrons. The Balaban J connectivity index is 2.40. The van der Waals surface area contributed by atoms with E-state index in [9.17, 15) is 19.3 Å². The maximum Gasteiger partial charge on any atom is 0.285 e. The predicted octanol–water partition coefficient (Wildman–Crippen LogP) is 1.43. The summed E-state index contributed by atoms with van der Waals surface area (Å²) in [6.07, 6.45) is 0. The third kappa shape index (κ3) is 3.09. The zero-order valence-corrected chi connectivity index (χ0v) is 11.4. The van der Waals surface area contributed by atoms with E-state index in [1.807, 2.05) is 5.43 Å². The molecule has 0 saturated heterocycles. The molecule has 0 aliphatic rings. The number of halogens is 1. The van der Waals surface area contributed by atoms with Crippen LogP contribution in [0.5, 0.6) is 0 Å². The van der Waals surface area contributed by atoms with Crippen molar-refractivity contribution in [3.63, 3.8) is 0 Å². The summed E-state index contributed by atoms with van der Waals surface area (Å²) in [6.45, 7) is 1.63. The maximum atomic E-state index is 13.5. The first-order chi connectivity index (χ1) is 9.92. The first kappa shape index (κ1) is 14.7. The summed E-state index contributed by atoms with van der Waals surface area (Å²) in [5, 5.41) is 13.5. The Morgan fingerprint density at radius 2 is 2.24 bits per heavy atom. The molecule has 2 aromatic rings. The summed E-state index contributed by atoms with van der Waals surface area (Å²) in [6, 6.07) is 1.58. The molecule has 110 valence electrons. The van der Waals surface area contributed by atoms with E-state index in [2.05, 4.69) is 14.7 Å². The lowest BCUT2D eigenvalue weighted by atomic mass is 10.1. The summed E-state index contributed by atoms with van der Waals surface area (Å²) < 4.78 is 17.3. The molecule has 21 heavy (non-hydrogen) atoms. The average Bonchev–Trinajstić information content (AvgIpc) is 2.83. The zero-order chi connectivity index (χ0) is 15.6. The molecule has 0 aliphatic heterocycles. The van der Waals surface area contributed by atoms with Crippen molar-refractivity contribution in [2.45, 2.75) is 6.92 Å². The van der Waals surface area contributed by atoms with Crippen LogP contribution in [0.2, 0.25) is 0 Å². The number of carbonyl (C=O) groups is 1. The van der Waals surface area contributed by atoms with E-state index >= 15 is 0 Å². The minimum absolute atomic E-state index is 0.179. The van der Waals surface area contributed by atoms with Crippen LogP contribution < -0.4 is 16.6 Å². The van der Waals surface area contributed by atoms with Crippen molar-refractivity contribution in [3.05, 3.63) is 39.5 Å². The Labute approximate surface area is 121 Å². The number of hydrogen-bond acceptors (Lipinski definition) is 8. The molecule has 0 bridgehead atoms. The van der Waals surface area contributed by atoms with Crippen molar-refractivity contribution in [2.75, 3.05) is 10.7 Å². The molecule has 0 unspecified atom stereocenters. The van der Waals surface area contributed by atoms with Crippen LogP contribution in [0.25, 0.3) is 0 Å². The molecule has 1 aromatic heterocycles. The van der Waals surface area contributed by atoms with Gasteiger partial charge in [0.25, 0.3) is 11.6 Å². The molecule has 4 N–H and O–H groups in total. The first-order valence-corrected chi connectivity index (χ1v) is 6.26. The molecule has 0 saturated carbocycles. The van der Waals surface area contributed by atoms with Crippen molar-refractivity contribution in [2.24, 2.45) is 5.84 Å². The van der Waals surface area contributed by atoms with Crippen LogP contribution in [0.15, 0.2) is 12.1 Å². The highest BCUT2D eigenvalue weighted by Crippen LogP contribution is 2.26. The van der Waals surface area contributed by atoms with E-state index in [4.69, 9.17) is 5.84 Å². The second kappa shape index (κ2) is 5.76. The van der Waals surface area contributed by atoms with Crippen molar-refractivity contribution < 1.29 is 14.1 Å². The molecule has 1 amide bonds. The van der Waals surface area contributed by atoms with Crippen LogP contribution in [0, 0.1) is 22.9 Å². The van der Waals surface area contributed by atoms with Crippen molar-refractivity contribution in [1.29, 1.82) is 0 Å². The zero-order valence-electron chi connectivity index (χ0n) is 10.6.